The van der Waals surface area contributed by atoms with Crippen LogP contribution in [-0.2, 0) is 11.3 Å². The average Bonchev–Trinajstić information content (AvgIpc) is 3.10. The Bertz CT molecular complexity index is 851. The Morgan fingerprint density at radius 2 is 1.92 bits per heavy atom. The summed E-state index contributed by atoms with van der Waals surface area (Å²) in [6.45, 7) is 4.71. The van der Waals surface area contributed by atoms with Crippen molar-refractivity contribution in [2.24, 2.45) is 0 Å². The van der Waals surface area contributed by atoms with E-state index < -0.39 is 0 Å². The average molecular weight is 367 g/mol. The Kier molecular flexibility index (Phi) is 6.01. The highest BCUT2D eigenvalue weighted by molar-refractivity contribution is 7.99. The van der Waals surface area contributed by atoms with Crippen LogP contribution in [0.1, 0.15) is 25.5 Å². The van der Waals surface area contributed by atoms with E-state index in [1.807, 2.05) is 66.9 Å². The van der Waals surface area contributed by atoms with Crippen molar-refractivity contribution in [3.05, 3.63) is 60.3 Å². The minimum atomic E-state index is -0.0311. The van der Waals surface area contributed by atoms with Crippen LogP contribution >= 0.6 is 11.8 Å². The third kappa shape index (κ3) is 4.29. The zero-order valence-corrected chi connectivity index (χ0v) is 15.6. The van der Waals surface area contributed by atoms with Crippen LogP contribution in [-0.4, -0.2) is 31.4 Å². The van der Waals surface area contributed by atoms with Crippen LogP contribution in [0, 0.1) is 0 Å². The first-order chi connectivity index (χ1) is 12.7. The fraction of sp³-hybridized carbons (Fsp3) is 0.263. The molecule has 2 aromatic heterocycles. The molecule has 3 rings (SSSR count). The number of amides is 1. The predicted octanol–water partition coefficient (Wildman–Crippen LogP) is 3.33. The van der Waals surface area contributed by atoms with E-state index in [-0.39, 0.29) is 17.7 Å². The summed E-state index contributed by atoms with van der Waals surface area (Å²) in [6, 6.07) is 15.6. The monoisotopic (exact) mass is 367 g/mol. The van der Waals surface area contributed by atoms with Gasteiger partial charge in [-0.3, -0.25) is 9.78 Å². The molecule has 0 saturated heterocycles. The lowest BCUT2D eigenvalue weighted by Gasteiger charge is -2.14. The van der Waals surface area contributed by atoms with Gasteiger partial charge in [-0.15, -0.1) is 10.2 Å². The molecule has 1 aromatic carbocycles. The molecule has 1 N–H and O–H groups in total. The van der Waals surface area contributed by atoms with Crippen molar-refractivity contribution in [3.63, 3.8) is 0 Å². The van der Waals surface area contributed by atoms with Crippen molar-refractivity contribution >= 4 is 17.7 Å². The van der Waals surface area contributed by atoms with Gasteiger partial charge in [-0.2, -0.15) is 0 Å². The molecule has 0 bridgehead atoms. The van der Waals surface area contributed by atoms with Crippen LogP contribution in [0.4, 0.5) is 0 Å². The van der Waals surface area contributed by atoms with Crippen LogP contribution in [0.15, 0.2) is 59.9 Å². The molecule has 0 aliphatic carbocycles. The van der Waals surface area contributed by atoms with Crippen LogP contribution in [0.25, 0.3) is 11.5 Å². The van der Waals surface area contributed by atoms with E-state index in [2.05, 4.69) is 20.5 Å². The molecule has 26 heavy (non-hydrogen) atoms. The molecule has 0 aliphatic rings. The van der Waals surface area contributed by atoms with E-state index in [0.717, 1.165) is 16.4 Å². The highest BCUT2D eigenvalue weighted by atomic mass is 32.2. The maximum Gasteiger partial charge on any atom is 0.230 e. The minimum Gasteiger partial charge on any atom is -0.349 e. The molecule has 0 unspecified atom stereocenters. The molecule has 0 fully saturated rings. The first kappa shape index (κ1) is 18.1. The van der Waals surface area contributed by atoms with Gasteiger partial charge in [-0.1, -0.05) is 48.2 Å². The Morgan fingerprint density at radius 3 is 2.62 bits per heavy atom. The highest BCUT2D eigenvalue weighted by Crippen LogP contribution is 2.22. The lowest BCUT2D eigenvalue weighted by Crippen LogP contribution is -2.28. The molecule has 0 saturated carbocycles. The number of hydrogen-bond donors (Lipinski definition) is 1. The van der Waals surface area contributed by atoms with E-state index in [4.69, 9.17) is 0 Å². The molecule has 7 heteroatoms. The summed E-state index contributed by atoms with van der Waals surface area (Å²) in [7, 11) is 0. The van der Waals surface area contributed by atoms with E-state index in [1.54, 1.807) is 6.20 Å². The Balaban J connectivity index is 1.63. The normalized spacial score (nSPS) is 11.9. The summed E-state index contributed by atoms with van der Waals surface area (Å²) in [4.78, 5) is 16.6. The summed E-state index contributed by atoms with van der Waals surface area (Å²) >= 11 is 1.38. The van der Waals surface area contributed by atoms with Gasteiger partial charge in [0.05, 0.1) is 11.8 Å². The maximum atomic E-state index is 12.3. The second-order valence-corrected chi connectivity index (χ2v) is 6.70. The number of carbonyl (C=O) groups excluding carboxylic acids is 1. The summed E-state index contributed by atoms with van der Waals surface area (Å²) < 4.78 is 1.97. The van der Waals surface area contributed by atoms with Gasteiger partial charge in [-0.05, 0) is 31.5 Å². The number of pyridine rings is 1. The highest BCUT2D eigenvalue weighted by Gasteiger charge is 2.16. The summed E-state index contributed by atoms with van der Waals surface area (Å²) in [5.41, 5.74) is 1.86. The lowest BCUT2D eigenvalue weighted by atomic mass is 10.1. The molecule has 0 aliphatic heterocycles. The van der Waals surface area contributed by atoms with Gasteiger partial charge in [0.1, 0.15) is 5.69 Å². The number of thioether (sulfide) groups is 1. The number of rotatable bonds is 7. The van der Waals surface area contributed by atoms with Crippen LogP contribution in [0.5, 0.6) is 0 Å². The standard InChI is InChI=1S/C19H21N5OS/c1-3-24-18(16-11-7-8-12-20-16)22-23-19(24)26-13-17(25)21-14(2)15-9-5-4-6-10-15/h4-12,14H,3,13H2,1-2H3,(H,21,25)/t14-/m0/s1. The first-order valence-electron chi connectivity index (χ1n) is 8.50. The third-order valence-electron chi connectivity index (χ3n) is 3.94. The zero-order chi connectivity index (χ0) is 18.4. The van der Waals surface area contributed by atoms with Crippen LogP contribution < -0.4 is 5.32 Å². The number of carbonyl (C=O) groups is 1. The topological polar surface area (TPSA) is 72.7 Å². The van der Waals surface area contributed by atoms with Crippen LogP contribution in [0.2, 0.25) is 0 Å². The summed E-state index contributed by atoms with van der Waals surface area (Å²) in [6.07, 6.45) is 1.73. The number of nitrogens with zero attached hydrogens (tertiary/aromatic N) is 4. The zero-order valence-electron chi connectivity index (χ0n) is 14.8. The molecule has 1 amide bonds. The SMILES string of the molecule is CCn1c(SCC(=O)N[C@@H](C)c2ccccc2)nnc1-c1ccccn1. The van der Waals surface area contributed by atoms with Crippen molar-refractivity contribution in [3.8, 4) is 11.5 Å². The molecule has 134 valence electrons. The Hall–Kier alpha value is -2.67. The van der Waals surface area contributed by atoms with Gasteiger partial charge in [0.2, 0.25) is 5.91 Å². The van der Waals surface area contributed by atoms with Crippen molar-refractivity contribution in [2.45, 2.75) is 31.6 Å². The van der Waals surface area contributed by atoms with Gasteiger partial charge >= 0.3 is 0 Å². The van der Waals surface area contributed by atoms with Gasteiger partial charge in [0.25, 0.3) is 0 Å². The van der Waals surface area contributed by atoms with Crippen molar-refractivity contribution in [1.82, 2.24) is 25.1 Å². The Labute approximate surface area is 157 Å². The van der Waals surface area contributed by atoms with E-state index in [0.29, 0.717) is 12.4 Å². The second kappa shape index (κ2) is 8.62. The fourth-order valence-electron chi connectivity index (χ4n) is 2.60. The van der Waals surface area contributed by atoms with Gasteiger partial charge in [0.15, 0.2) is 11.0 Å². The molecule has 3 aromatic rings. The predicted molar refractivity (Wildman–Crippen MR) is 103 cm³/mol. The van der Waals surface area contributed by atoms with E-state index in [9.17, 15) is 4.79 Å². The molecular formula is C19H21N5OS. The molecule has 6 nitrogen and oxygen atoms in total. The van der Waals surface area contributed by atoms with Crippen molar-refractivity contribution in [1.29, 1.82) is 0 Å². The number of aromatic nitrogens is 4. The fourth-order valence-corrected chi connectivity index (χ4v) is 3.42. The lowest BCUT2D eigenvalue weighted by molar-refractivity contribution is -0.119. The van der Waals surface area contributed by atoms with Crippen LogP contribution in [0.3, 0.4) is 0 Å². The Morgan fingerprint density at radius 1 is 1.15 bits per heavy atom. The van der Waals surface area contributed by atoms with Gasteiger partial charge in [-0.25, -0.2) is 0 Å². The number of nitrogens with one attached hydrogen (secondary N) is 1. The second-order valence-electron chi connectivity index (χ2n) is 5.75. The van der Waals surface area contributed by atoms with E-state index >= 15 is 0 Å². The molecule has 0 radical (unpaired) electrons. The quantitative estimate of drug-likeness (QED) is 0.649. The molecular weight excluding hydrogens is 346 g/mol. The number of hydrogen-bond acceptors (Lipinski definition) is 5. The number of benzene rings is 1. The summed E-state index contributed by atoms with van der Waals surface area (Å²) in [5.74, 6) is 0.974. The molecule has 2 heterocycles. The van der Waals surface area contributed by atoms with Crippen molar-refractivity contribution in [2.75, 3.05) is 5.75 Å². The minimum absolute atomic E-state index is 0.0302. The third-order valence-corrected chi connectivity index (χ3v) is 4.90. The smallest absolute Gasteiger partial charge is 0.230 e. The largest absolute Gasteiger partial charge is 0.349 e. The van der Waals surface area contributed by atoms with Gasteiger partial charge in [0, 0.05) is 12.7 Å². The summed E-state index contributed by atoms with van der Waals surface area (Å²) in [5, 5.41) is 12.2. The maximum absolute atomic E-state index is 12.3. The molecule has 0 spiro atoms. The van der Waals surface area contributed by atoms with E-state index in [1.165, 1.54) is 11.8 Å². The van der Waals surface area contributed by atoms with Crippen molar-refractivity contribution < 1.29 is 4.79 Å². The molecule has 1 atom stereocenters. The van der Waals surface area contributed by atoms with Gasteiger partial charge < -0.3 is 9.88 Å². The first-order valence-corrected chi connectivity index (χ1v) is 9.49.